The van der Waals surface area contributed by atoms with E-state index >= 15 is 0 Å². The minimum atomic E-state index is -2.20. The summed E-state index contributed by atoms with van der Waals surface area (Å²) in [4.78, 5) is 12.3. The predicted octanol–water partition coefficient (Wildman–Crippen LogP) is 4.47. The van der Waals surface area contributed by atoms with Crippen LogP contribution in [0.25, 0.3) is 33.5 Å². The minimum absolute atomic E-state index is 0.151. The second-order valence-corrected chi connectivity index (χ2v) is 12.8. The van der Waals surface area contributed by atoms with Crippen LogP contribution in [0.4, 0.5) is 5.69 Å². The van der Waals surface area contributed by atoms with Crippen LogP contribution >= 0.6 is 11.6 Å². The van der Waals surface area contributed by atoms with Crippen LogP contribution in [-0.2, 0) is 19.2 Å². The fourth-order valence-corrected chi connectivity index (χ4v) is 6.07. The molecule has 2 aliphatic heterocycles. The first kappa shape index (κ1) is 26.8. The maximum Gasteiger partial charge on any atom is 0.296 e. The Balaban J connectivity index is 1.20. The Bertz CT molecular complexity index is 1700. The topological polar surface area (TPSA) is 119 Å². The van der Waals surface area contributed by atoms with Gasteiger partial charge in [-0.05, 0) is 41.6 Å². The quantitative estimate of drug-likeness (QED) is 0.218. The molecule has 2 aliphatic rings. The third kappa shape index (κ3) is 4.76. The lowest BCUT2D eigenvalue weighted by Crippen LogP contribution is -2.46. The van der Waals surface area contributed by atoms with E-state index in [0.717, 1.165) is 22.4 Å². The van der Waals surface area contributed by atoms with E-state index in [9.17, 15) is 9.32 Å². The monoisotopic (exact) mass is 580 g/mol. The highest BCUT2D eigenvalue weighted by Crippen LogP contribution is 2.40. The van der Waals surface area contributed by atoms with Crippen molar-refractivity contribution in [3.63, 3.8) is 0 Å². The van der Waals surface area contributed by atoms with Crippen molar-refractivity contribution in [1.29, 1.82) is 0 Å². The third-order valence-corrected chi connectivity index (χ3v) is 9.20. The van der Waals surface area contributed by atoms with E-state index in [1.54, 1.807) is 30.7 Å². The Morgan fingerprint density at radius 3 is 2.50 bits per heavy atom. The van der Waals surface area contributed by atoms with Gasteiger partial charge in [-0.15, -0.1) is 6.58 Å². The van der Waals surface area contributed by atoms with E-state index in [1.807, 2.05) is 48.5 Å². The normalized spacial score (nSPS) is 25.4. The average molecular weight is 581 g/mol. The van der Waals surface area contributed by atoms with Gasteiger partial charge in [0.1, 0.15) is 17.8 Å². The molecule has 11 heteroatoms. The first-order valence-corrected chi connectivity index (χ1v) is 15.2. The Hall–Kier alpha value is -3.41. The molecule has 40 heavy (non-hydrogen) atoms. The molecule has 4 aromatic rings. The zero-order valence-electron chi connectivity index (χ0n) is 22.0. The second kappa shape index (κ2) is 10.2. The Labute approximate surface area is 237 Å². The molecule has 0 saturated carbocycles. The van der Waals surface area contributed by atoms with E-state index < -0.39 is 33.6 Å². The summed E-state index contributed by atoms with van der Waals surface area (Å²) in [5.41, 5.74) is 4.40. The molecule has 0 bridgehead atoms. The number of fused-ring (bicyclic) bond motifs is 2. The lowest BCUT2D eigenvalue weighted by molar-refractivity contribution is -0.0398. The molecule has 4 heterocycles. The number of hydrogen-bond acceptors (Lipinski definition) is 7. The number of ether oxygens (including phenoxy) is 3. The van der Waals surface area contributed by atoms with Crippen molar-refractivity contribution in [1.82, 2.24) is 15.0 Å². The molecule has 0 radical (unpaired) electrons. The van der Waals surface area contributed by atoms with Crippen LogP contribution in [0.3, 0.4) is 0 Å². The summed E-state index contributed by atoms with van der Waals surface area (Å²) in [5, 5.41) is 12.5. The molecule has 0 spiro atoms. The number of imidazole rings is 1. The molecule has 0 aliphatic carbocycles. The van der Waals surface area contributed by atoms with Gasteiger partial charge < -0.3 is 29.0 Å². The van der Waals surface area contributed by atoms with E-state index in [-0.39, 0.29) is 19.2 Å². The number of benzene rings is 2. The molecule has 208 valence electrons. The van der Waals surface area contributed by atoms with Crippen molar-refractivity contribution >= 4 is 43.5 Å². The number of hydrogen-bond donors (Lipinski definition) is 3. The molecule has 2 aromatic heterocycles. The number of aliphatic hydroxyl groups excluding tert-OH is 1. The number of nitrogens with zero attached hydrogens (tertiary/aromatic N) is 2. The van der Waals surface area contributed by atoms with E-state index in [0.29, 0.717) is 21.9 Å². The molecule has 6 rings (SSSR count). The first-order chi connectivity index (χ1) is 19.2. The van der Waals surface area contributed by atoms with Crippen LogP contribution < -0.4 is 9.46 Å². The zero-order chi connectivity index (χ0) is 28.1. The van der Waals surface area contributed by atoms with Gasteiger partial charge in [0, 0.05) is 27.2 Å². The fourth-order valence-electron chi connectivity index (χ4n) is 5.08. The maximum absolute atomic E-state index is 12.3. The molecular weight excluding hydrogens is 552 g/mol. The van der Waals surface area contributed by atoms with Gasteiger partial charge in [0.2, 0.25) is 0 Å². The Morgan fingerprint density at radius 2 is 1.82 bits per heavy atom. The standard InChI is InChI=1S/C29H29ClN4O5S/c1-4-29-24(35)16-37-26(29)23(15-38-29)39-28-31-22-14-21(30)25(32-27(22)33-28)19-8-6-17(7-9-19)18-10-12-20(13-11-18)34-40(3,36)5-2/h4-14,23-24,26,35H,1,15-16H2,2-3H3,(H,34,36)(H,31,32,33). The summed E-state index contributed by atoms with van der Waals surface area (Å²) < 4.78 is 33.0. The van der Waals surface area contributed by atoms with Gasteiger partial charge in [0.15, 0.2) is 11.8 Å². The van der Waals surface area contributed by atoms with Gasteiger partial charge >= 0.3 is 0 Å². The number of aromatic amines is 1. The van der Waals surface area contributed by atoms with Crippen molar-refractivity contribution < 1.29 is 23.5 Å². The van der Waals surface area contributed by atoms with E-state index in [2.05, 4.69) is 21.3 Å². The van der Waals surface area contributed by atoms with Crippen LogP contribution in [0.2, 0.25) is 5.02 Å². The smallest absolute Gasteiger partial charge is 0.296 e. The molecule has 2 saturated heterocycles. The maximum atomic E-state index is 12.3. The van der Waals surface area contributed by atoms with Gasteiger partial charge in [0.25, 0.3) is 6.01 Å². The highest BCUT2D eigenvalue weighted by atomic mass is 35.5. The molecule has 0 amide bonds. The summed E-state index contributed by atoms with van der Waals surface area (Å²) in [6.45, 7) is 5.97. The van der Waals surface area contributed by atoms with Crippen molar-refractivity contribution in [3.8, 4) is 28.4 Å². The molecule has 2 aromatic carbocycles. The number of halogens is 1. The molecule has 2 fully saturated rings. The van der Waals surface area contributed by atoms with Gasteiger partial charge in [-0.25, -0.2) is 9.19 Å². The lowest BCUT2D eigenvalue weighted by atomic mass is 9.92. The molecule has 3 N–H and O–H groups in total. The zero-order valence-corrected chi connectivity index (χ0v) is 23.5. The summed E-state index contributed by atoms with van der Waals surface area (Å²) in [7, 11) is -2.20. The van der Waals surface area contributed by atoms with Gasteiger partial charge in [0.05, 0.1) is 29.4 Å². The fraction of sp³-hybridized carbons (Fsp3) is 0.276. The average Bonchev–Trinajstić information content (AvgIpc) is 3.62. The Kier molecular flexibility index (Phi) is 6.84. The highest BCUT2D eigenvalue weighted by molar-refractivity contribution is 8.01. The number of pyridine rings is 1. The predicted molar refractivity (Wildman–Crippen MR) is 158 cm³/mol. The van der Waals surface area contributed by atoms with Gasteiger partial charge in [-0.2, -0.15) is 4.98 Å². The number of anilines is 1. The van der Waals surface area contributed by atoms with Gasteiger partial charge in [-0.3, -0.25) is 0 Å². The van der Waals surface area contributed by atoms with Crippen molar-refractivity contribution in [2.24, 2.45) is 0 Å². The van der Waals surface area contributed by atoms with E-state index in [1.165, 1.54) is 0 Å². The summed E-state index contributed by atoms with van der Waals surface area (Å²) in [5.74, 6) is 0. The van der Waals surface area contributed by atoms with Crippen molar-refractivity contribution in [3.05, 3.63) is 72.3 Å². The summed E-state index contributed by atoms with van der Waals surface area (Å²) in [6.07, 6.45) is 1.49. The molecular formula is C29H29ClN4O5S. The highest BCUT2D eigenvalue weighted by Gasteiger charge is 2.59. The SMILES string of the molecule is C=CC12OCC(Oc3nc4nc(-c5ccc(-c6ccc(NS(C)(=O)=CC)cc6)cc5)c(Cl)cc4[nH]3)C1OCC2O. The largest absolute Gasteiger partial charge is 0.456 e. The van der Waals surface area contributed by atoms with Crippen LogP contribution in [-0.4, -0.2) is 73.0 Å². The van der Waals surface area contributed by atoms with Crippen LogP contribution in [0, 0.1) is 0 Å². The number of aliphatic hydroxyl groups is 1. The number of nitrogens with one attached hydrogen (secondary N) is 2. The number of rotatable bonds is 7. The van der Waals surface area contributed by atoms with Crippen LogP contribution in [0.15, 0.2) is 67.3 Å². The minimum Gasteiger partial charge on any atom is -0.456 e. The molecule has 5 atom stereocenters. The number of H-pyrrole nitrogens is 1. The first-order valence-electron chi connectivity index (χ1n) is 12.8. The van der Waals surface area contributed by atoms with Crippen LogP contribution in [0.1, 0.15) is 6.92 Å². The summed E-state index contributed by atoms with van der Waals surface area (Å²) in [6, 6.07) is 17.8. The second-order valence-electron chi connectivity index (χ2n) is 9.92. The van der Waals surface area contributed by atoms with Crippen molar-refractivity contribution in [2.45, 2.75) is 30.8 Å². The van der Waals surface area contributed by atoms with Crippen LogP contribution in [0.5, 0.6) is 6.01 Å². The lowest BCUT2D eigenvalue weighted by Gasteiger charge is -2.26. The van der Waals surface area contributed by atoms with Gasteiger partial charge in [-0.1, -0.05) is 54.1 Å². The molecule has 5 unspecified atom stereocenters. The molecule has 9 nitrogen and oxygen atoms in total. The van der Waals surface area contributed by atoms with Crippen molar-refractivity contribution in [2.75, 3.05) is 24.2 Å². The summed E-state index contributed by atoms with van der Waals surface area (Å²) >= 11 is 6.62. The number of aromatic nitrogens is 3. The van der Waals surface area contributed by atoms with E-state index in [4.69, 9.17) is 30.8 Å². The Morgan fingerprint density at radius 1 is 1.15 bits per heavy atom. The third-order valence-electron chi connectivity index (χ3n) is 7.37.